The van der Waals surface area contributed by atoms with E-state index in [4.69, 9.17) is 0 Å². The lowest BCUT2D eigenvalue weighted by Crippen LogP contribution is -2.12. The highest BCUT2D eigenvalue weighted by Gasteiger charge is 2.11. The zero-order chi connectivity index (χ0) is 19.4. The van der Waals surface area contributed by atoms with Gasteiger partial charge in [0.1, 0.15) is 23.1 Å². The molecular formula is C20H15F2N3O2. The monoisotopic (exact) mass is 367 g/mol. The molecule has 0 spiro atoms. The van der Waals surface area contributed by atoms with Gasteiger partial charge in [-0.2, -0.15) is 0 Å². The topological polar surface area (TPSA) is 71.1 Å². The predicted molar refractivity (Wildman–Crippen MR) is 98.3 cm³/mol. The molecule has 0 fully saturated rings. The number of aromatic nitrogens is 1. The largest absolute Gasteiger partial charge is 0.335 e. The molecule has 0 bridgehead atoms. The van der Waals surface area contributed by atoms with Crippen LogP contribution in [0.2, 0.25) is 0 Å². The second-order valence-electron chi connectivity index (χ2n) is 5.74. The number of amides is 1. The number of para-hydroxylation sites is 1. The SMILES string of the molecule is CC(=O)c1ccc(NC(=O)c2ccc(Nc3c(F)cccc3F)nc2)cc1. The maximum absolute atomic E-state index is 13.6. The Morgan fingerprint density at radius 3 is 2.07 bits per heavy atom. The van der Waals surface area contributed by atoms with Crippen LogP contribution in [0.5, 0.6) is 0 Å². The van der Waals surface area contributed by atoms with Crippen LogP contribution in [0.1, 0.15) is 27.6 Å². The Hall–Kier alpha value is -3.61. The smallest absolute Gasteiger partial charge is 0.257 e. The number of carbonyl (C=O) groups is 2. The van der Waals surface area contributed by atoms with E-state index in [1.807, 2.05) is 0 Å². The second-order valence-corrected chi connectivity index (χ2v) is 5.74. The minimum absolute atomic E-state index is 0.0635. The van der Waals surface area contributed by atoms with Crippen LogP contribution in [0.3, 0.4) is 0 Å². The molecule has 7 heteroatoms. The van der Waals surface area contributed by atoms with Crippen LogP contribution >= 0.6 is 0 Å². The molecule has 0 saturated carbocycles. The summed E-state index contributed by atoms with van der Waals surface area (Å²) in [6.07, 6.45) is 1.29. The van der Waals surface area contributed by atoms with E-state index in [2.05, 4.69) is 15.6 Å². The van der Waals surface area contributed by atoms with Gasteiger partial charge in [-0.1, -0.05) is 6.07 Å². The molecule has 0 unspecified atom stereocenters. The molecule has 1 aromatic heterocycles. The fourth-order valence-electron chi connectivity index (χ4n) is 2.34. The summed E-state index contributed by atoms with van der Waals surface area (Å²) in [4.78, 5) is 27.5. The summed E-state index contributed by atoms with van der Waals surface area (Å²) in [6.45, 7) is 1.46. The molecule has 0 radical (unpaired) electrons. The van der Waals surface area contributed by atoms with E-state index in [1.165, 1.54) is 31.3 Å². The van der Waals surface area contributed by atoms with Crippen molar-refractivity contribution in [2.75, 3.05) is 10.6 Å². The number of hydrogen-bond donors (Lipinski definition) is 2. The molecule has 1 heterocycles. The molecule has 27 heavy (non-hydrogen) atoms. The van der Waals surface area contributed by atoms with Crippen molar-refractivity contribution >= 4 is 28.9 Å². The molecule has 0 aliphatic heterocycles. The van der Waals surface area contributed by atoms with Crippen molar-refractivity contribution in [2.24, 2.45) is 0 Å². The zero-order valence-corrected chi connectivity index (χ0v) is 14.3. The van der Waals surface area contributed by atoms with Crippen molar-refractivity contribution in [3.8, 4) is 0 Å². The van der Waals surface area contributed by atoms with Crippen LogP contribution in [0.15, 0.2) is 60.8 Å². The highest BCUT2D eigenvalue weighted by molar-refractivity contribution is 6.04. The molecule has 3 aromatic rings. The van der Waals surface area contributed by atoms with E-state index in [9.17, 15) is 18.4 Å². The number of carbonyl (C=O) groups excluding carboxylic acids is 2. The Bertz CT molecular complexity index is 967. The van der Waals surface area contributed by atoms with E-state index < -0.39 is 17.5 Å². The number of anilines is 3. The summed E-state index contributed by atoms with van der Waals surface area (Å²) in [5.41, 5.74) is 1.03. The number of hydrogen-bond acceptors (Lipinski definition) is 4. The summed E-state index contributed by atoms with van der Waals surface area (Å²) >= 11 is 0. The molecule has 0 aliphatic carbocycles. The van der Waals surface area contributed by atoms with Gasteiger partial charge in [0.2, 0.25) is 0 Å². The first-order valence-electron chi connectivity index (χ1n) is 8.03. The third-order valence-corrected chi connectivity index (χ3v) is 3.79. The third-order valence-electron chi connectivity index (χ3n) is 3.79. The van der Waals surface area contributed by atoms with Gasteiger partial charge in [0.25, 0.3) is 5.91 Å². The molecule has 0 atom stereocenters. The lowest BCUT2D eigenvalue weighted by molar-refractivity contribution is 0.101. The van der Waals surface area contributed by atoms with Crippen molar-refractivity contribution in [3.05, 3.63) is 83.6 Å². The molecule has 0 saturated heterocycles. The zero-order valence-electron chi connectivity index (χ0n) is 14.3. The summed E-state index contributed by atoms with van der Waals surface area (Å²) in [5, 5.41) is 5.23. The van der Waals surface area contributed by atoms with Gasteiger partial charge < -0.3 is 10.6 Å². The van der Waals surface area contributed by atoms with Crippen LogP contribution in [0, 0.1) is 11.6 Å². The Labute approximate surface area is 154 Å². The molecular weight excluding hydrogens is 352 g/mol. The summed E-state index contributed by atoms with van der Waals surface area (Å²) < 4.78 is 27.3. The van der Waals surface area contributed by atoms with Gasteiger partial charge in [0.15, 0.2) is 5.78 Å². The minimum Gasteiger partial charge on any atom is -0.335 e. The van der Waals surface area contributed by atoms with Crippen molar-refractivity contribution in [3.63, 3.8) is 0 Å². The van der Waals surface area contributed by atoms with Crippen LogP contribution in [0.25, 0.3) is 0 Å². The van der Waals surface area contributed by atoms with Gasteiger partial charge in [-0.3, -0.25) is 9.59 Å². The van der Waals surface area contributed by atoms with Crippen molar-refractivity contribution in [1.82, 2.24) is 4.98 Å². The van der Waals surface area contributed by atoms with Crippen molar-refractivity contribution in [2.45, 2.75) is 6.92 Å². The number of ketones is 1. The van der Waals surface area contributed by atoms with E-state index in [0.717, 1.165) is 12.1 Å². The van der Waals surface area contributed by atoms with E-state index in [1.54, 1.807) is 24.3 Å². The van der Waals surface area contributed by atoms with E-state index in [-0.39, 0.29) is 22.9 Å². The lowest BCUT2D eigenvalue weighted by atomic mass is 10.1. The first kappa shape index (κ1) is 18.2. The highest BCUT2D eigenvalue weighted by Crippen LogP contribution is 2.22. The molecule has 0 aliphatic rings. The lowest BCUT2D eigenvalue weighted by Gasteiger charge is -2.09. The molecule has 5 nitrogen and oxygen atoms in total. The Morgan fingerprint density at radius 2 is 1.52 bits per heavy atom. The average Bonchev–Trinajstić information content (AvgIpc) is 2.66. The van der Waals surface area contributed by atoms with E-state index >= 15 is 0 Å². The van der Waals surface area contributed by atoms with Gasteiger partial charge >= 0.3 is 0 Å². The summed E-state index contributed by atoms with van der Waals surface area (Å²) in [5.74, 6) is -1.75. The number of nitrogens with one attached hydrogen (secondary N) is 2. The van der Waals surface area contributed by atoms with Gasteiger partial charge in [-0.15, -0.1) is 0 Å². The van der Waals surface area contributed by atoms with Crippen LogP contribution in [-0.4, -0.2) is 16.7 Å². The Balaban J connectivity index is 1.69. The molecule has 2 aromatic carbocycles. The Morgan fingerprint density at radius 1 is 0.889 bits per heavy atom. The van der Waals surface area contributed by atoms with Gasteiger partial charge in [-0.25, -0.2) is 13.8 Å². The summed E-state index contributed by atoms with van der Waals surface area (Å²) in [6, 6.07) is 12.9. The van der Waals surface area contributed by atoms with Crippen LogP contribution in [0.4, 0.5) is 26.0 Å². The number of Topliss-reactive ketones (excluding diaryl/α,β-unsaturated/α-hetero) is 1. The fourth-order valence-corrected chi connectivity index (χ4v) is 2.34. The van der Waals surface area contributed by atoms with Crippen molar-refractivity contribution < 1.29 is 18.4 Å². The fraction of sp³-hybridized carbons (Fsp3) is 0.0500. The maximum atomic E-state index is 13.6. The van der Waals surface area contributed by atoms with E-state index in [0.29, 0.717) is 11.3 Å². The molecule has 136 valence electrons. The Kier molecular flexibility index (Phi) is 5.21. The number of pyridine rings is 1. The highest BCUT2D eigenvalue weighted by atomic mass is 19.1. The molecule has 3 rings (SSSR count). The number of nitrogens with zero attached hydrogens (tertiary/aromatic N) is 1. The number of rotatable bonds is 5. The molecule has 2 N–H and O–H groups in total. The number of benzene rings is 2. The minimum atomic E-state index is -0.743. The third kappa shape index (κ3) is 4.33. The normalized spacial score (nSPS) is 10.3. The standard InChI is InChI=1S/C20H15F2N3O2/c1-12(26)13-5-8-15(9-6-13)24-20(27)14-7-10-18(23-11-14)25-19-16(21)3-2-4-17(19)22/h2-11H,1H3,(H,23,25)(H,24,27). The maximum Gasteiger partial charge on any atom is 0.257 e. The van der Waals surface area contributed by atoms with Gasteiger partial charge in [-0.05, 0) is 55.5 Å². The van der Waals surface area contributed by atoms with Crippen LogP contribution in [-0.2, 0) is 0 Å². The predicted octanol–water partition coefficient (Wildman–Crippen LogP) is 4.56. The first-order valence-corrected chi connectivity index (χ1v) is 8.03. The first-order chi connectivity index (χ1) is 12.9. The molecule has 1 amide bonds. The van der Waals surface area contributed by atoms with Gasteiger partial charge in [0, 0.05) is 17.4 Å². The van der Waals surface area contributed by atoms with Gasteiger partial charge in [0.05, 0.1) is 5.56 Å². The average molecular weight is 367 g/mol. The van der Waals surface area contributed by atoms with Crippen molar-refractivity contribution in [1.29, 1.82) is 0 Å². The number of halogens is 2. The van der Waals surface area contributed by atoms with Crippen LogP contribution < -0.4 is 10.6 Å². The quantitative estimate of drug-likeness (QED) is 0.649. The summed E-state index contributed by atoms with van der Waals surface area (Å²) in [7, 11) is 0. The second kappa shape index (κ2) is 7.74.